The van der Waals surface area contributed by atoms with Gasteiger partial charge in [-0.05, 0) is 48.9 Å². The fourth-order valence-electron chi connectivity index (χ4n) is 3.54. The van der Waals surface area contributed by atoms with Crippen LogP contribution >= 0.6 is 0 Å². The molecule has 0 amide bonds. The fourth-order valence-corrected chi connectivity index (χ4v) is 3.54. The van der Waals surface area contributed by atoms with Gasteiger partial charge in [-0.2, -0.15) is 0 Å². The molecule has 19 heavy (non-hydrogen) atoms. The number of rotatable bonds is 6. The lowest BCUT2D eigenvalue weighted by Gasteiger charge is -2.22. The van der Waals surface area contributed by atoms with Gasteiger partial charge >= 0.3 is 0 Å². The van der Waals surface area contributed by atoms with E-state index in [-0.39, 0.29) is 0 Å². The topological polar surface area (TPSA) is 12.0 Å². The van der Waals surface area contributed by atoms with Crippen LogP contribution in [0.15, 0.2) is 18.2 Å². The third-order valence-corrected chi connectivity index (χ3v) is 4.79. The van der Waals surface area contributed by atoms with E-state index in [1.165, 1.54) is 48.8 Å². The number of hydrogen-bond donors (Lipinski definition) is 1. The molecule has 0 aliphatic heterocycles. The number of nitrogens with one attached hydrogen (secondary N) is 1. The first kappa shape index (κ1) is 14.6. The minimum absolute atomic E-state index is 0.541. The zero-order valence-corrected chi connectivity index (χ0v) is 12.8. The quantitative estimate of drug-likeness (QED) is 0.784. The SMILES string of the molecule is CCc1ccc(C(CC2CCCC2)NC)cc1CC. The molecule has 1 aromatic rings. The lowest BCUT2D eigenvalue weighted by atomic mass is 9.91. The molecule has 1 aliphatic carbocycles. The Kier molecular flexibility index (Phi) is 5.45. The van der Waals surface area contributed by atoms with E-state index >= 15 is 0 Å². The summed E-state index contributed by atoms with van der Waals surface area (Å²) in [6.07, 6.45) is 9.36. The second-order valence-electron chi connectivity index (χ2n) is 5.96. The summed E-state index contributed by atoms with van der Waals surface area (Å²) in [5.74, 6) is 0.938. The minimum atomic E-state index is 0.541. The summed E-state index contributed by atoms with van der Waals surface area (Å²) in [7, 11) is 2.11. The summed E-state index contributed by atoms with van der Waals surface area (Å²) in [6, 6.07) is 7.66. The van der Waals surface area contributed by atoms with Crippen LogP contribution in [0.25, 0.3) is 0 Å². The second kappa shape index (κ2) is 7.09. The number of hydrogen-bond acceptors (Lipinski definition) is 1. The van der Waals surface area contributed by atoms with Gasteiger partial charge in [0.2, 0.25) is 0 Å². The van der Waals surface area contributed by atoms with Crippen molar-refractivity contribution in [3.63, 3.8) is 0 Å². The molecular weight excluding hydrogens is 230 g/mol. The van der Waals surface area contributed by atoms with E-state index in [0.717, 1.165) is 18.8 Å². The molecule has 1 nitrogen and oxygen atoms in total. The Hall–Kier alpha value is -0.820. The summed E-state index contributed by atoms with van der Waals surface area (Å²) in [6.45, 7) is 4.52. The molecule has 1 N–H and O–H groups in total. The Morgan fingerprint density at radius 1 is 1.11 bits per heavy atom. The van der Waals surface area contributed by atoms with Crippen LogP contribution in [-0.2, 0) is 12.8 Å². The highest BCUT2D eigenvalue weighted by molar-refractivity contribution is 5.33. The molecule has 1 aromatic carbocycles. The van der Waals surface area contributed by atoms with Crippen molar-refractivity contribution in [3.05, 3.63) is 34.9 Å². The van der Waals surface area contributed by atoms with Crippen LogP contribution in [0, 0.1) is 5.92 Å². The van der Waals surface area contributed by atoms with E-state index in [0.29, 0.717) is 6.04 Å². The molecule has 1 unspecified atom stereocenters. The Morgan fingerprint density at radius 2 is 1.79 bits per heavy atom. The highest BCUT2D eigenvalue weighted by atomic mass is 14.9. The predicted octanol–water partition coefficient (Wildman–Crippen LogP) is 4.65. The maximum Gasteiger partial charge on any atom is 0.0320 e. The van der Waals surface area contributed by atoms with Crippen LogP contribution in [0.2, 0.25) is 0 Å². The van der Waals surface area contributed by atoms with Crippen molar-refractivity contribution in [3.8, 4) is 0 Å². The number of aryl methyl sites for hydroxylation is 2. The van der Waals surface area contributed by atoms with Gasteiger partial charge in [0.15, 0.2) is 0 Å². The van der Waals surface area contributed by atoms with Gasteiger partial charge in [0.1, 0.15) is 0 Å². The van der Waals surface area contributed by atoms with Gasteiger partial charge in [0, 0.05) is 6.04 Å². The first-order valence-electron chi connectivity index (χ1n) is 8.07. The van der Waals surface area contributed by atoms with Crippen LogP contribution in [0.1, 0.15) is 68.7 Å². The Labute approximate surface area is 118 Å². The molecule has 0 bridgehead atoms. The summed E-state index contributed by atoms with van der Waals surface area (Å²) in [5.41, 5.74) is 4.54. The van der Waals surface area contributed by atoms with Crippen LogP contribution < -0.4 is 5.32 Å². The molecule has 1 saturated carbocycles. The summed E-state index contributed by atoms with van der Waals surface area (Å²) < 4.78 is 0. The molecular formula is C18H29N. The van der Waals surface area contributed by atoms with E-state index < -0.39 is 0 Å². The normalized spacial score (nSPS) is 17.8. The molecule has 0 heterocycles. The second-order valence-corrected chi connectivity index (χ2v) is 5.96. The van der Waals surface area contributed by atoms with E-state index in [9.17, 15) is 0 Å². The van der Waals surface area contributed by atoms with Crippen molar-refractivity contribution < 1.29 is 0 Å². The Morgan fingerprint density at radius 3 is 2.37 bits per heavy atom. The van der Waals surface area contributed by atoms with Gasteiger partial charge in [-0.15, -0.1) is 0 Å². The van der Waals surface area contributed by atoms with Gasteiger partial charge in [-0.3, -0.25) is 0 Å². The average Bonchev–Trinajstić information content (AvgIpc) is 2.97. The highest BCUT2D eigenvalue weighted by Crippen LogP contribution is 2.33. The fraction of sp³-hybridized carbons (Fsp3) is 0.667. The van der Waals surface area contributed by atoms with Gasteiger partial charge < -0.3 is 5.32 Å². The molecule has 0 spiro atoms. The van der Waals surface area contributed by atoms with Crippen molar-refractivity contribution >= 4 is 0 Å². The third kappa shape index (κ3) is 3.60. The lowest BCUT2D eigenvalue weighted by Crippen LogP contribution is -2.19. The molecule has 2 rings (SSSR count). The monoisotopic (exact) mass is 259 g/mol. The maximum atomic E-state index is 3.53. The average molecular weight is 259 g/mol. The van der Waals surface area contributed by atoms with Crippen molar-refractivity contribution in [1.29, 1.82) is 0 Å². The molecule has 0 aromatic heterocycles. The van der Waals surface area contributed by atoms with Gasteiger partial charge in [-0.25, -0.2) is 0 Å². The molecule has 1 fully saturated rings. The van der Waals surface area contributed by atoms with Gasteiger partial charge in [0.25, 0.3) is 0 Å². The van der Waals surface area contributed by atoms with Gasteiger partial charge in [0.05, 0.1) is 0 Å². The van der Waals surface area contributed by atoms with E-state index in [2.05, 4.69) is 44.4 Å². The standard InChI is InChI=1S/C18H29N/c1-4-15-10-11-17(13-16(15)5-2)18(19-3)12-14-8-6-7-9-14/h10-11,13-14,18-19H,4-9,12H2,1-3H3. The largest absolute Gasteiger partial charge is 0.313 e. The molecule has 1 aliphatic rings. The van der Waals surface area contributed by atoms with Gasteiger partial charge in [-0.1, -0.05) is 57.7 Å². The van der Waals surface area contributed by atoms with Crippen molar-refractivity contribution in [2.75, 3.05) is 7.05 Å². The molecule has 106 valence electrons. The van der Waals surface area contributed by atoms with E-state index in [4.69, 9.17) is 0 Å². The summed E-state index contributed by atoms with van der Waals surface area (Å²) in [4.78, 5) is 0. The Bertz CT molecular complexity index is 391. The van der Waals surface area contributed by atoms with Crippen molar-refractivity contribution in [2.45, 2.75) is 64.8 Å². The van der Waals surface area contributed by atoms with E-state index in [1.54, 1.807) is 0 Å². The van der Waals surface area contributed by atoms with Crippen LogP contribution in [0.3, 0.4) is 0 Å². The first-order chi connectivity index (χ1) is 9.28. The minimum Gasteiger partial charge on any atom is -0.313 e. The molecule has 1 heteroatoms. The first-order valence-corrected chi connectivity index (χ1v) is 8.07. The van der Waals surface area contributed by atoms with Crippen molar-refractivity contribution in [2.24, 2.45) is 5.92 Å². The van der Waals surface area contributed by atoms with Crippen molar-refractivity contribution in [1.82, 2.24) is 5.32 Å². The van der Waals surface area contributed by atoms with Crippen LogP contribution in [0.5, 0.6) is 0 Å². The Balaban J connectivity index is 2.12. The van der Waals surface area contributed by atoms with Crippen LogP contribution in [-0.4, -0.2) is 7.05 Å². The molecule has 0 radical (unpaired) electrons. The third-order valence-electron chi connectivity index (χ3n) is 4.79. The maximum absolute atomic E-state index is 3.53. The smallest absolute Gasteiger partial charge is 0.0320 e. The van der Waals surface area contributed by atoms with Crippen LogP contribution in [0.4, 0.5) is 0 Å². The molecule has 0 saturated heterocycles. The highest BCUT2D eigenvalue weighted by Gasteiger charge is 2.20. The zero-order chi connectivity index (χ0) is 13.7. The zero-order valence-electron chi connectivity index (χ0n) is 12.8. The molecule has 1 atom stereocenters. The number of benzene rings is 1. The predicted molar refractivity (Wildman–Crippen MR) is 83.6 cm³/mol. The van der Waals surface area contributed by atoms with E-state index in [1.807, 2.05) is 0 Å². The summed E-state index contributed by atoms with van der Waals surface area (Å²) in [5, 5.41) is 3.53. The lowest BCUT2D eigenvalue weighted by molar-refractivity contribution is 0.413. The summed E-state index contributed by atoms with van der Waals surface area (Å²) >= 11 is 0.